The summed E-state index contributed by atoms with van der Waals surface area (Å²) in [7, 11) is 0. The molecule has 0 atom stereocenters. The Morgan fingerprint density at radius 3 is 2.83 bits per heavy atom. The molecule has 0 aromatic heterocycles. The van der Waals surface area contributed by atoms with Crippen LogP contribution in [0.5, 0.6) is 0 Å². The molecule has 0 heterocycles. The number of hydrogen-bond donors (Lipinski definition) is 1. The van der Waals surface area contributed by atoms with Crippen LogP contribution in [-0.2, 0) is 6.54 Å². The van der Waals surface area contributed by atoms with Crippen molar-refractivity contribution in [1.82, 2.24) is 4.90 Å². The highest BCUT2D eigenvalue weighted by atomic mass is 35.5. The summed E-state index contributed by atoms with van der Waals surface area (Å²) < 4.78 is 13.7. The van der Waals surface area contributed by atoms with Crippen molar-refractivity contribution < 1.29 is 4.39 Å². The van der Waals surface area contributed by atoms with E-state index in [9.17, 15) is 4.39 Å². The third-order valence-corrected chi connectivity index (χ3v) is 3.53. The summed E-state index contributed by atoms with van der Waals surface area (Å²) in [5.41, 5.74) is 6.15. The molecule has 0 saturated heterocycles. The summed E-state index contributed by atoms with van der Waals surface area (Å²) in [6.07, 6.45) is 3.01. The Morgan fingerprint density at radius 1 is 1.50 bits per heavy atom. The molecule has 18 heavy (non-hydrogen) atoms. The molecule has 98 valence electrons. The van der Waals surface area contributed by atoms with E-state index in [1.54, 1.807) is 12.1 Å². The normalized spacial score (nSPS) is 15.1. The van der Waals surface area contributed by atoms with Gasteiger partial charge < -0.3 is 5.73 Å². The topological polar surface area (TPSA) is 29.3 Å². The van der Waals surface area contributed by atoms with Gasteiger partial charge in [0.05, 0.1) is 4.99 Å². The highest BCUT2D eigenvalue weighted by Gasteiger charge is 2.29. The molecular weight excluding hydrogens is 271 g/mol. The van der Waals surface area contributed by atoms with Gasteiger partial charge in [-0.05, 0) is 31.0 Å². The van der Waals surface area contributed by atoms with E-state index in [4.69, 9.17) is 29.6 Å². The molecule has 2 rings (SSSR count). The maximum absolute atomic E-state index is 13.7. The van der Waals surface area contributed by atoms with Crippen LogP contribution in [0, 0.1) is 5.82 Å². The third kappa shape index (κ3) is 3.90. The molecule has 0 bridgehead atoms. The first kappa shape index (κ1) is 13.7. The molecule has 1 aromatic carbocycles. The zero-order chi connectivity index (χ0) is 13.1. The summed E-state index contributed by atoms with van der Waals surface area (Å²) in [4.78, 5) is 2.74. The number of thiocarbonyl (C=S) groups is 1. The Hall–Kier alpha value is -0.710. The van der Waals surface area contributed by atoms with Gasteiger partial charge in [-0.15, -0.1) is 0 Å². The van der Waals surface area contributed by atoms with Gasteiger partial charge in [-0.25, -0.2) is 4.39 Å². The van der Waals surface area contributed by atoms with Crippen molar-refractivity contribution in [2.45, 2.75) is 31.8 Å². The van der Waals surface area contributed by atoms with E-state index in [1.807, 2.05) is 0 Å². The molecule has 0 radical (unpaired) electrons. The van der Waals surface area contributed by atoms with Crippen LogP contribution in [0.15, 0.2) is 18.2 Å². The Morgan fingerprint density at radius 2 is 2.22 bits per heavy atom. The van der Waals surface area contributed by atoms with Crippen LogP contribution in [0.3, 0.4) is 0 Å². The summed E-state index contributed by atoms with van der Waals surface area (Å²) in [6.45, 7) is 1.35. The largest absolute Gasteiger partial charge is 0.393 e. The van der Waals surface area contributed by atoms with Gasteiger partial charge in [-0.1, -0.05) is 23.8 Å². The quantitative estimate of drug-likeness (QED) is 0.815. The van der Waals surface area contributed by atoms with Crippen LogP contribution in [0.2, 0.25) is 5.02 Å². The fraction of sp³-hybridized carbons (Fsp3) is 0.462. The maximum atomic E-state index is 13.7. The Kier molecular flexibility index (Phi) is 4.54. The average Bonchev–Trinajstić information content (AvgIpc) is 3.12. The van der Waals surface area contributed by atoms with Gasteiger partial charge in [-0.2, -0.15) is 0 Å². The van der Waals surface area contributed by atoms with Crippen molar-refractivity contribution in [3.63, 3.8) is 0 Å². The molecule has 0 spiro atoms. The van der Waals surface area contributed by atoms with E-state index >= 15 is 0 Å². The summed E-state index contributed by atoms with van der Waals surface area (Å²) >= 11 is 10.8. The van der Waals surface area contributed by atoms with Crippen LogP contribution in [-0.4, -0.2) is 22.5 Å². The van der Waals surface area contributed by atoms with E-state index in [-0.39, 0.29) is 5.82 Å². The van der Waals surface area contributed by atoms with E-state index in [1.165, 1.54) is 18.9 Å². The molecule has 1 aliphatic carbocycles. The van der Waals surface area contributed by atoms with Crippen molar-refractivity contribution in [1.29, 1.82) is 0 Å². The lowest BCUT2D eigenvalue weighted by Gasteiger charge is -2.22. The van der Waals surface area contributed by atoms with Gasteiger partial charge in [0.2, 0.25) is 0 Å². The van der Waals surface area contributed by atoms with E-state index < -0.39 is 0 Å². The molecule has 0 amide bonds. The Balaban J connectivity index is 2.03. The molecule has 2 nitrogen and oxygen atoms in total. The number of halogens is 2. The number of rotatable bonds is 6. The van der Waals surface area contributed by atoms with E-state index in [0.29, 0.717) is 34.6 Å². The fourth-order valence-corrected chi connectivity index (χ4v) is 2.25. The molecule has 5 heteroatoms. The second-order valence-electron chi connectivity index (χ2n) is 4.65. The number of nitrogens with two attached hydrogens (primary N) is 1. The summed E-state index contributed by atoms with van der Waals surface area (Å²) in [5.74, 6) is -0.208. The van der Waals surface area contributed by atoms with Gasteiger partial charge in [0.25, 0.3) is 0 Å². The average molecular weight is 287 g/mol. The minimum Gasteiger partial charge on any atom is -0.393 e. The Bertz CT molecular complexity index is 449. The zero-order valence-electron chi connectivity index (χ0n) is 10.0. The molecule has 1 aliphatic rings. The fourth-order valence-electron chi connectivity index (χ4n) is 1.97. The van der Waals surface area contributed by atoms with Crippen LogP contribution >= 0.6 is 23.8 Å². The SMILES string of the molecule is NC(=S)CCN(Cc1cc(Cl)ccc1F)C1CC1. The minimum atomic E-state index is -0.208. The van der Waals surface area contributed by atoms with Crippen molar-refractivity contribution >= 4 is 28.8 Å². The summed E-state index contributed by atoms with van der Waals surface area (Å²) in [6, 6.07) is 5.21. The van der Waals surface area contributed by atoms with Gasteiger partial charge in [0.1, 0.15) is 5.82 Å². The lowest BCUT2D eigenvalue weighted by atomic mass is 10.2. The van der Waals surface area contributed by atoms with E-state index in [2.05, 4.69) is 4.90 Å². The molecule has 1 saturated carbocycles. The standard InChI is InChI=1S/C13H16ClFN2S/c14-10-1-4-12(15)9(7-10)8-17(11-2-3-11)6-5-13(16)18/h1,4,7,11H,2-3,5-6,8H2,(H2,16,18). The highest BCUT2D eigenvalue weighted by Crippen LogP contribution is 2.29. The molecule has 0 aliphatic heterocycles. The van der Waals surface area contributed by atoms with Gasteiger partial charge in [0.15, 0.2) is 0 Å². The van der Waals surface area contributed by atoms with Crippen molar-refractivity contribution in [3.05, 3.63) is 34.6 Å². The number of nitrogens with zero attached hydrogens (tertiary/aromatic N) is 1. The zero-order valence-corrected chi connectivity index (χ0v) is 11.6. The van der Waals surface area contributed by atoms with Crippen LogP contribution < -0.4 is 5.73 Å². The monoisotopic (exact) mass is 286 g/mol. The summed E-state index contributed by atoms with van der Waals surface area (Å²) in [5, 5.41) is 0.566. The molecular formula is C13H16ClFN2S. The second kappa shape index (κ2) is 5.95. The Labute approximate surface area is 117 Å². The lowest BCUT2D eigenvalue weighted by molar-refractivity contribution is 0.259. The van der Waals surface area contributed by atoms with E-state index in [0.717, 1.165) is 6.54 Å². The van der Waals surface area contributed by atoms with Gasteiger partial charge >= 0.3 is 0 Å². The molecule has 1 aromatic rings. The molecule has 0 unspecified atom stereocenters. The predicted octanol–water partition coefficient (Wildman–Crippen LogP) is 3.12. The van der Waals surface area contributed by atoms with Crippen molar-refractivity contribution in [2.75, 3.05) is 6.54 Å². The van der Waals surface area contributed by atoms with Gasteiger partial charge in [-0.3, -0.25) is 4.90 Å². The first-order valence-electron chi connectivity index (χ1n) is 6.02. The smallest absolute Gasteiger partial charge is 0.127 e. The first-order valence-corrected chi connectivity index (χ1v) is 6.81. The lowest BCUT2D eigenvalue weighted by Crippen LogP contribution is -2.29. The highest BCUT2D eigenvalue weighted by molar-refractivity contribution is 7.80. The van der Waals surface area contributed by atoms with Crippen LogP contribution in [0.4, 0.5) is 4.39 Å². The van der Waals surface area contributed by atoms with Gasteiger partial charge in [0, 0.05) is 36.1 Å². The second-order valence-corrected chi connectivity index (χ2v) is 5.61. The maximum Gasteiger partial charge on any atom is 0.127 e. The van der Waals surface area contributed by atoms with Crippen molar-refractivity contribution in [2.24, 2.45) is 5.73 Å². The first-order chi connectivity index (χ1) is 8.56. The molecule has 2 N–H and O–H groups in total. The third-order valence-electron chi connectivity index (χ3n) is 3.09. The van der Waals surface area contributed by atoms with Crippen molar-refractivity contribution in [3.8, 4) is 0 Å². The van der Waals surface area contributed by atoms with Crippen LogP contribution in [0.1, 0.15) is 24.8 Å². The number of benzene rings is 1. The van der Waals surface area contributed by atoms with Crippen LogP contribution in [0.25, 0.3) is 0 Å². The predicted molar refractivity (Wildman–Crippen MR) is 76.2 cm³/mol. The minimum absolute atomic E-state index is 0.208. The number of hydrogen-bond acceptors (Lipinski definition) is 2. The molecule has 1 fully saturated rings.